The van der Waals surface area contributed by atoms with E-state index in [0.717, 1.165) is 12.2 Å². The molecule has 0 amide bonds. The highest BCUT2D eigenvalue weighted by Crippen LogP contribution is 2.18. The Balaban J connectivity index is 2.40. The smallest absolute Gasteiger partial charge is 0.119 e. The van der Waals surface area contributed by atoms with Gasteiger partial charge in [-0.3, -0.25) is 0 Å². The number of nitriles is 1. The van der Waals surface area contributed by atoms with Gasteiger partial charge >= 0.3 is 0 Å². The van der Waals surface area contributed by atoms with E-state index >= 15 is 0 Å². The minimum absolute atomic E-state index is 0.553. The lowest BCUT2D eigenvalue weighted by molar-refractivity contribution is 0.312. The largest absolute Gasteiger partial charge is 0.494 e. The van der Waals surface area contributed by atoms with Crippen LogP contribution in [0.2, 0.25) is 0 Å². The monoisotopic (exact) mass is 203 g/mol. The Morgan fingerprint density at radius 3 is 2.47 bits per heavy atom. The maximum absolute atomic E-state index is 8.36. The van der Waals surface area contributed by atoms with Gasteiger partial charge in [-0.15, -0.1) is 0 Å². The van der Waals surface area contributed by atoms with Gasteiger partial charge in [0.2, 0.25) is 0 Å². The average molecular weight is 203 g/mol. The summed E-state index contributed by atoms with van der Waals surface area (Å²) in [7, 11) is 0. The third-order valence-electron chi connectivity index (χ3n) is 2.25. The zero-order chi connectivity index (χ0) is 11.1. The van der Waals surface area contributed by atoms with Crippen molar-refractivity contribution in [3.05, 3.63) is 29.8 Å². The van der Waals surface area contributed by atoms with E-state index in [1.807, 2.05) is 12.1 Å². The number of ether oxygens (including phenoxy) is 1. The van der Waals surface area contributed by atoms with E-state index in [1.165, 1.54) is 5.56 Å². The van der Waals surface area contributed by atoms with Crippen molar-refractivity contribution in [2.75, 3.05) is 6.61 Å². The third-order valence-corrected chi connectivity index (χ3v) is 2.25. The summed E-state index contributed by atoms with van der Waals surface area (Å²) >= 11 is 0. The second-order valence-electron chi connectivity index (χ2n) is 3.83. The van der Waals surface area contributed by atoms with Crippen LogP contribution in [0.4, 0.5) is 0 Å². The van der Waals surface area contributed by atoms with Crippen LogP contribution in [-0.4, -0.2) is 6.61 Å². The van der Waals surface area contributed by atoms with Gasteiger partial charge in [-0.2, -0.15) is 5.26 Å². The summed E-state index contributed by atoms with van der Waals surface area (Å²) in [5, 5.41) is 8.36. The average Bonchev–Trinajstić information content (AvgIpc) is 2.25. The molecule has 0 heterocycles. The second kappa shape index (κ2) is 6.08. The molecule has 0 saturated heterocycles. The fourth-order valence-electron chi connectivity index (χ4n) is 1.29. The molecule has 15 heavy (non-hydrogen) atoms. The lowest BCUT2D eigenvalue weighted by Crippen LogP contribution is -1.97. The molecule has 0 aliphatic heterocycles. The van der Waals surface area contributed by atoms with E-state index in [-0.39, 0.29) is 0 Å². The quantitative estimate of drug-likeness (QED) is 0.686. The molecule has 0 aliphatic rings. The number of unbranched alkanes of at least 4 members (excludes halogenated alkanes) is 1. The highest BCUT2D eigenvalue weighted by Gasteiger charge is 1.99. The first-order valence-corrected chi connectivity index (χ1v) is 5.33. The van der Waals surface area contributed by atoms with Crippen molar-refractivity contribution in [1.82, 2.24) is 0 Å². The second-order valence-corrected chi connectivity index (χ2v) is 3.83. The van der Waals surface area contributed by atoms with Crippen molar-refractivity contribution in [2.45, 2.75) is 32.6 Å². The predicted molar refractivity (Wildman–Crippen MR) is 60.9 cm³/mol. The summed E-state index contributed by atoms with van der Waals surface area (Å²) in [6.45, 7) is 4.96. The Morgan fingerprint density at radius 2 is 1.93 bits per heavy atom. The van der Waals surface area contributed by atoms with Gasteiger partial charge in [-0.1, -0.05) is 26.0 Å². The highest BCUT2D eigenvalue weighted by molar-refractivity contribution is 5.28. The SMILES string of the molecule is CC(C)c1ccc(OCCCC#N)cc1. The molecular weight excluding hydrogens is 186 g/mol. The third kappa shape index (κ3) is 4.03. The van der Waals surface area contributed by atoms with Crippen LogP contribution in [-0.2, 0) is 0 Å². The van der Waals surface area contributed by atoms with Crippen LogP contribution >= 0.6 is 0 Å². The van der Waals surface area contributed by atoms with Gasteiger partial charge in [0.1, 0.15) is 5.75 Å². The van der Waals surface area contributed by atoms with Crippen LogP contribution in [0.5, 0.6) is 5.75 Å². The Morgan fingerprint density at radius 1 is 1.27 bits per heavy atom. The zero-order valence-corrected chi connectivity index (χ0v) is 9.36. The first-order chi connectivity index (χ1) is 7.24. The molecule has 0 fully saturated rings. The maximum atomic E-state index is 8.36. The van der Waals surface area contributed by atoms with E-state index in [2.05, 4.69) is 32.0 Å². The van der Waals surface area contributed by atoms with Crippen molar-refractivity contribution in [2.24, 2.45) is 0 Å². The first-order valence-electron chi connectivity index (χ1n) is 5.33. The van der Waals surface area contributed by atoms with Gasteiger partial charge in [0.05, 0.1) is 12.7 Å². The van der Waals surface area contributed by atoms with Crippen molar-refractivity contribution in [1.29, 1.82) is 5.26 Å². The normalized spacial score (nSPS) is 10.0. The molecule has 0 unspecified atom stereocenters. The van der Waals surface area contributed by atoms with E-state index in [1.54, 1.807) is 0 Å². The molecule has 0 aromatic heterocycles. The standard InChI is InChI=1S/C13H17NO/c1-11(2)12-5-7-13(8-6-12)15-10-4-3-9-14/h5-8,11H,3-4,10H2,1-2H3. The van der Waals surface area contributed by atoms with Gasteiger partial charge in [0.15, 0.2) is 0 Å². The number of nitrogens with zero attached hydrogens (tertiary/aromatic N) is 1. The molecule has 0 N–H and O–H groups in total. The fraction of sp³-hybridized carbons (Fsp3) is 0.462. The first kappa shape index (κ1) is 11.6. The van der Waals surface area contributed by atoms with Crippen LogP contribution in [0.25, 0.3) is 0 Å². The summed E-state index contributed by atoms with van der Waals surface area (Å²) in [4.78, 5) is 0. The molecule has 0 atom stereocenters. The fourth-order valence-corrected chi connectivity index (χ4v) is 1.29. The Hall–Kier alpha value is -1.49. The van der Waals surface area contributed by atoms with Gasteiger partial charge in [0, 0.05) is 6.42 Å². The number of hydrogen-bond donors (Lipinski definition) is 0. The Labute approximate surface area is 91.5 Å². The van der Waals surface area contributed by atoms with Gasteiger partial charge in [-0.05, 0) is 30.0 Å². The molecule has 0 aliphatic carbocycles. The van der Waals surface area contributed by atoms with Crippen molar-refractivity contribution < 1.29 is 4.74 Å². The molecule has 2 heteroatoms. The van der Waals surface area contributed by atoms with Crippen LogP contribution in [0, 0.1) is 11.3 Å². The summed E-state index contributed by atoms with van der Waals surface area (Å²) in [6.07, 6.45) is 1.35. The van der Waals surface area contributed by atoms with E-state index in [9.17, 15) is 0 Å². The lowest BCUT2D eigenvalue weighted by Gasteiger charge is -2.08. The van der Waals surface area contributed by atoms with E-state index in [0.29, 0.717) is 18.9 Å². The summed E-state index contributed by atoms with van der Waals surface area (Å²) in [5.41, 5.74) is 1.32. The maximum Gasteiger partial charge on any atom is 0.119 e. The summed E-state index contributed by atoms with van der Waals surface area (Å²) < 4.78 is 5.49. The molecule has 0 radical (unpaired) electrons. The van der Waals surface area contributed by atoms with E-state index in [4.69, 9.17) is 10.00 Å². The molecule has 0 spiro atoms. The summed E-state index contributed by atoms with van der Waals surface area (Å²) in [6, 6.07) is 10.2. The highest BCUT2D eigenvalue weighted by atomic mass is 16.5. The van der Waals surface area contributed by atoms with Crippen molar-refractivity contribution >= 4 is 0 Å². The molecule has 0 saturated carbocycles. The zero-order valence-electron chi connectivity index (χ0n) is 9.36. The molecule has 1 aromatic rings. The lowest BCUT2D eigenvalue weighted by atomic mass is 10.0. The minimum atomic E-state index is 0.553. The summed E-state index contributed by atoms with van der Waals surface area (Å²) in [5.74, 6) is 1.44. The Bertz CT molecular complexity index is 321. The van der Waals surface area contributed by atoms with Crippen LogP contribution in [0.1, 0.15) is 38.2 Å². The predicted octanol–water partition coefficient (Wildman–Crippen LogP) is 3.49. The van der Waals surface area contributed by atoms with Crippen LogP contribution in [0.15, 0.2) is 24.3 Å². The van der Waals surface area contributed by atoms with Crippen molar-refractivity contribution in [3.8, 4) is 11.8 Å². The molecular formula is C13H17NO. The molecule has 80 valence electrons. The van der Waals surface area contributed by atoms with Gasteiger partial charge in [0.25, 0.3) is 0 Å². The van der Waals surface area contributed by atoms with Crippen LogP contribution in [0.3, 0.4) is 0 Å². The number of rotatable bonds is 5. The van der Waals surface area contributed by atoms with Crippen LogP contribution < -0.4 is 4.74 Å². The van der Waals surface area contributed by atoms with Crippen molar-refractivity contribution in [3.63, 3.8) is 0 Å². The molecule has 0 bridgehead atoms. The van der Waals surface area contributed by atoms with Gasteiger partial charge < -0.3 is 4.74 Å². The molecule has 2 nitrogen and oxygen atoms in total. The number of benzene rings is 1. The Kier molecular flexibility index (Phi) is 4.70. The van der Waals surface area contributed by atoms with E-state index < -0.39 is 0 Å². The minimum Gasteiger partial charge on any atom is -0.494 e. The number of hydrogen-bond acceptors (Lipinski definition) is 2. The van der Waals surface area contributed by atoms with Gasteiger partial charge in [-0.25, -0.2) is 0 Å². The molecule has 1 rings (SSSR count). The molecule has 1 aromatic carbocycles. The topological polar surface area (TPSA) is 33.0 Å².